The summed E-state index contributed by atoms with van der Waals surface area (Å²) in [5.41, 5.74) is 12.4. The molecule has 0 radical (unpaired) electrons. The number of nitrogens with zero attached hydrogens (tertiary/aromatic N) is 1. The topological polar surface area (TPSA) is 19.9 Å². The van der Waals surface area contributed by atoms with Crippen LogP contribution in [0, 0.1) is 0 Å². The zero-order valence-electron chi connectivity index (χ0n) is 30.2. The fraction of sp³-hybridized carbons (Fsp3) is 0.0189. The van der Waals surface area contributed by atoms with E-state index in [1.807, 2.05) is 0 Å². The minimum absolute atomic E-state index is 0.136. The summed E-state index contributed by atoms with van der Waals surface area (Å²) < 4.78 is 0. The Labute approximate surface area is 320 Å². The van der Waals surface area contributed by atoms with Gasteiger partial charge in [0.1, 0.15) is 5.69 Å². The van der Waals surface area contributed by atoms with Crippen molar-refractivity contribution < 1.29 is 5.32 Å². The van der Waals surface area contributed by atoms with Crippen LogP contribution in [0.5, 0.6) is 0 Å². The number of quaternary nitrogens is 1. The van der Waals surface area contributed by atoms with Crippen LogP contribution in [0.2, 0.25) is 0 Å². The van der Waals surface area contributed by atoms with Gasteiger partial charge in [0.25, 0.3) is 0 Å². The molecule has 55 heavy (non-hydrogen) atoms. The fourth-order valence-electron chi connectivity index (χ4n) is 8.92. The molecule has 1 atom stereocenters. The van der Waals surface area contributed by atoms with Crippen LogP contribution in [0.3, 0.4) is 0 Å². The second-order valence-electron chi connectivity index (χ2n) is 14.7. The molecule has 1 unspecified atom stereocenters. The van der Waals surface area contributed by atoms with E-state index in [0.717, 1.165) is 0 Å². The smallest absolute Gasteiger partial charge is 0.197 e. The fourth-order valence-corrected chi connectivity index (χ4v) is 8.92. The molecule has 11 rings (SSSR count). The number of benzene rings is 10. The van der Waals surface area contributed by atoms with Crippen molar-refractivity contribution >= 4 is 60.2 Å². The van der Waals surface area contributed by atoms with E-state index in [2.05, 4.69) is 216 Å². The van der Waals surface area contributed by atoms with Crippen molar-refractivity contribution in [1.82, 2.24) is 0 Å². The van der Waals surface area contributed by atoms with Gasteiger partial charge in [0.05, 0.1) is 0 Å². The quantitative estimate of drug-likeness (QED) is 0.140. The molecule has 0 saturated carbocycles. The molecular weight excluding hydrogens is 665 g/mol. The lowest BCUT2D eigenvalue weighted by atomic mass is 9.84. The molecule has 2 nitrogen and oxygen atoms in total. The predicted octanol–water partition coefficient (Wildman–Crippen LogP) is 13.3. The Hall–Kier alpha value is -7.00. The minimum atomic E-state index is 0.136. The maximum Gasteiger partial charge on any atom is 0.197 e. The van der Waals surface area contributed by atoms with Crippen LogP contribution >= 0.6 is 0 Å². The molecule has 0 aliphatic carbocycles. The van der Waals surface area contributed by atoms with Crippen molar-refractivity contribution in [3.8, 4) is 33.4 Å². The molecule has 0 amide bonds. The monoisotopic (exact) mass is 701 g/mol. The highest BCUT2D eigenvalue weighted by Crippen LogP contribution is 2.46. The second kappa shape index (κ2) is 12.8. The third kappa shape index (κ3) is 5.30. The largest absolute Gasteiger partial charge is 0.288 e. The summed E-state index contributed by atoms with van der Waals surface area (Å²) in [5.74, 6) is 0. The van der Waals surface area contributed by atoms with Crippen LogP contribution in [0.4, 0.5) is 17.1 Å². The molecule has 258 valence electrons. The predicted molar refractivity (Wildman–Crippen MR) is 232 cm³/mol. The number of rotatable bonds is 5. The third-order valence-corrected chi connectivity index (χ3v) is 11.5. The van der Waals surface area contributed by atoms with Gasteiger partial charge in [0.2, 0.25) is 0 Å². The van der Waals surface area contributed by atoms with Crippen LogP contribution < -0.4 is 10.2 Å². The van der Waals surface area contributed by atoms with E-state index in [-0.39, 0.29) is 6.17 Å². The van der Waals surface area contributed by atoms with Gasteiger partial charge in [-0.1, -0.05) is 164 Å². The van der Waals surface area contributed by atoms with Crippen molar-refractivity contribution in [2.24, 2.45) is 0 Å². The van der Waals surface area contributed by atoms with Crippen LogP contribution in [-0.4, -0.2) is 0 Å². The number of anilines is 2. The number of fused-ring (bicyclic) bond motifs is 5. The molecule has 1 aliphatic heterocycles. The SMILES string of the molecule is c1ccc(C2[NH2+]c3ccccc3N2c2ccc(-c3ccc4c(-c5ccc6ccccc6c5)c5ccccc5c(-c5ccc6ccccc6c5)c4c3)cc2)cc1. The van der Waals surface area contributed by atoms with E-state index in [1.165, 1.54) is 99.1 Å². The molecule has 0 fully saturated rings. The lowest BCUT2D eigenvalue weighted by Gasteiger charge is -2.24. The van der Waals surface area contributed by atoms with E-state index in [9.17, 15) is 0 Å². The first-order valence-corrected chi connectivity index (χ1v) is 19.1. The molecule has 0 aromatic heterocycles. The van der Waals surface area contributed by atoms with Crippen molar-refractivity contribution in [1.29, 1.82) is 0 Å². The molecule has 0 saturated heterocycles. The van der Waals surface area contributed by atoms with Crippen molar-refractivity contribution in [3.63, 3.8) is 0 Å². The zero-order valence-corrected chi connectivity index (χ0v) is 30.2. The number of hydrogen-bond acceptors (Lipinski definition) is 1. The Morgan fingerprint density at radius 1 is 0.345 bits per heavy atom. The first-order chi connectivity index (χ1) is 27.3. The highest BCUT2D eigenvalue weighted by Gasteiger charge is 2.35. The molecule has 0 bridgehead atoms. The van der Waals surface area contributed by atoms with Gasteiger partial charge in [-0.15, -0.1) is 0 Å². The van der Waals surface area contributed by atoms with Gasteiger partial charge in [-0.3, -0.25) is 10.2 Å². The van der Waals surface area contributed by atoms with Crippen LogP contribution in [0.25, 0.3) is 76.5 Å². The van der Waals surface area contributed by atoms with E-state index in [0.29, 0.717) is 0 Å². The molecule has 2 heteroatoms. The van der Waals surface area contributed by atoms with Crippen LogP contribution in [-0.2, 0) is 0 Å². The zero-order chi connectivity index (χ0) is 36.3. The lowest BCUT2D eigenvalue weighted by molar-refractivity contribution is -0.606. The average molecular weight is 702 g/mol. The van der Waals surface area contributed by atoms with E-state index < -0.39 is 0 Å². The van der Waals surface area contributed by atoms with Gasteiger partial charge in [0.15, 0.2) is 11.9 Å². The summed E-state index contributed by atoms with van der Waals surface area (Å²) >= 11 is 0. The highest BCUT2D eigenvalue weighted by molar-refractivity contribution is 6.22. The average Bonchev–Trinajstić information content (AvgIpc) is 3.65. The molecule has 10 aromatic carbocycles. The summed E-state index contributed by atoms with van der Waals surface area (Å²) in [7, 11) is 0. The summed E-state index contributed by atoms with van der Waals surface area (Å²) in [6.07, 6.45) is 0.136. The van der Waals surface area contributed by atoms with Crippen LogP contribution in [0.15, 0.2) is 206 Å². The second-order valence-corrected chi connectivity index (χ2v) is 14.7. The van der Waals surface area contributed by atoms with Crippen LogP contribution in [0.1, 0.15) is 11.7 Å². The molecule has 1 aliphatic rings. The maximum absolute atomic E-state index is 2.47. The maximum atomic E-state index is 2.47. The summed E-state index contributed by atoms with van der Waals surface area (Å²) in [5, 5.41) is 12.4. The van der Waals surface area contributed by atoms with Gasteiger partial charge >= 0.3 is 0 Å². The minimum Gasteiger partial charge on any atom is -0.288 e. The standard InChI is InChI=1S/C53H36N2/c1-2-14-38(15-3-1)53-54-49-20-10-11-21-50(49)55(53)44-29-26-37(27-30-44)41-28-31-47-48(34-41)52(43-25-23-36-13-5-7-17-40(36)33-43)46-19-9-8-18-45(46)51(47)42-24-22-35-12-4-6-16-39(35)32-42/h1-34,53-54H/p+1. The summed E-state index contributed by atoms with van der Waals surface area (Å²) in [6, 6.07) is 75.9. The first-order valence-electron chi connectivity index (χ1n) is 19.1. The molecular formula is C53H37N2+. The summed E-state index contributed by atoms with van der Waals surface area (Å²) in [4.78, 5) is 2.47. The van der Waals surface area contributed by atoms with Crippen molar-refractivity contribution in [2.75, 3.05) is 4.90 Å². The third-order valence-electron chi connectivity index (χ3n) is 11.5. The number of para-hydroxylation sites is 2. The Kier molecular flexibility index (Phi) is 7.36. The van der Waals surface area contributed by atoms with Gasteiger partial charge in [0, 0.05) is 17.3 Å². The lowest BCUT2D eigenvalue weighted by Crippen LogP contribution is -2.79. The first kappa shape index (κ1) is 31.5. The van der Waals surface area contributed by atoms with Gasteiger partial charge in [-0.2, -0.15) is 0 Å². The Morgan fingerprint density at radius 3 is 1.53 bits per heavy atom. The van der Waals surface area contributed by atoms with Gasteiger partial charge in [-0.25, -0.2) is 0 Å². The van der Waals surface area contributed by atoms with Crippen molar-refractivity contribution in [2.45, 2.75) is 6.17 Å². The van der Waals surface area contributed by atoms with E-state index in [4.69, 9.17) is 0 Å². The number of hydrogen-bond donors (Lipinski definition) is 1. The van der Waals surface area contributed by atoms with Gasteiger partial charge < -0.3 is 0 Å². The molecule has 10 aromatic rings. The van der Waals surface area contributed by atoms with E-state index in [1.54, 1.807) is 0 Å². The normalized spacial score (nSPS) is 13.9. The summed E-state index contributed by atoms with van der Waals surface area (Å²) in [6.45, 7) is 0. The van der Waals surface area contributed by atoms with E-state index >= 15 is 0 Å². The Morgan fingerprint density at radius 2 is 0.855 bits per heavy atom. The Balaban J connectivity index is 1.10. The molecule has 2 N–H and O–H groups in total. The molecule has 1 heterocycles. The number of nitrogens with two attached hydrogens (primary N) is 1. The van der Waals surface area contributed by atoms with Crippen molar-refractivity contribution in [3.05, 3.63) is 212 Å². The highest BCUT2D eigenvalue weighted by atomic mass is 15.3. The Bertz CT molecular complexity index is 3070. The molecule has 0 spiro atoms. The van der Waals surface area contributed by atoms with Gasteiger partial charge in [-0.05, 0) is 113 Å².